The summed E-state index contributed by atoms with van der Waals surface area (Å²) in [4.78, 5) is 0.232. The summed E-state index contributed by atoms with van der Waals surface area (Å²) in [6.45, 7) is 7.47. The number of ether oxygens (including phenoxy) is 1. The maximum absolute atomic E-state index is 12.7. The van der Waals surface area contributed by atoms with Crippen molar-refractivity contribution in [3.63, 3.8) is 0 Å². The molecule has 118 valence electrons. The van der Waals surface area contributed by atoms with Crippen LogP contribution in [-0.4, -0.2) is 15.5 Å². The molecule has 0 fully saturated rings. The lowest BCUT2D eigenvalue weighted by Crippen LogP contribution is -2.15. The van der Waals surface area contributed by atoms with Crippen molar-refractivity contribution in [3.05, 3.63) is 52.6 Å². The third-order valence-electron chi connectivity index (χ3n) is 3.62. The third kappa shape index (κ3) is 3.25. The summed E-state index contributed by atoms with van der Waals surface area (Å²) >= 11 is 0. The molecule has 0 aliphatic carbocycles. The smallest absolute Gasteiger partial charge is 0.262 e. The van der Waals surface area contributed by atoms with Gasteiger partial charge < -0.3 is 4.74 Å². The zero-order valence-electron chi connectivity index (χ0n) is 13.5. The number of nitrogens with one attached hydrogen (secondary N) is 1. The molecule has 0 atom stereocenters. The van der Waals surface area contributed by atoms with Crippen molar-refractivity contribution < 1.29 is 13.2 Å². The van der Waals surface area contributed by atoms with Crippen LogP contribution in [0.2, 0.25) is 0 Å². The van der Waals surface area contributed by atoms with Gasteiger partial charge in [0.05, 0.1) is 17.7 Å². The first kappa shape index (κ1) is 16.4. The van der Waals surface area contributed by atoms with E-state index in [0.717, 1.165) is 16.7 Å². The van der Waals surface area contributed by atoms with E-state index in [9.17, 15) is 8.42 Å². The van der Waals surface area contributed by atoms with Crippen LogP contribution >= 0.6 is 0 Å². The van der Waals surface area contributed by atoms with Crippen LogP contribution in [0.4, 0.5) is 5.69 Å². The average Bonchev–Trinajstić information content (AvgIpc) is 2.42. The minimum absolute atomic E-state index is 0.232. The van der Waals surface area contributed by atoms with Gasteiger partial charge in [-0.05, 0) is 56.0 Å². The Morgan fingerprint density at radius 2 is 1.59 bits per heavy atom. The van der Waals surface area contributed by atoms with Gasteiger partial charge in [0.25, 0.3) is 10.0 Å². The van der Waals surface area contributed by atoms with Gasteiger partial charge in [0.15, 0.2) is 0 Å². The Labute approximate surface area is 132 Å². The lowest BCUT2D eigenvalue weighted by molar-refractivity contribution is 0.410. The SMILES string of the molecule is COc1cc(S(=O)(=O)Nc2cc(C)ccc2C)c(C)cc1C. The summed E-state index contributed by atoms with van der Waals surface area (Å²) in [5, 5.41) is 0. The quantitative estimate of drug-likeness (QED) is 0.934. The van der Waals surface area contributed by atoms with E-state index in [0.29, 0.717) is 17.0 Å². The second kappa shape index (κ2) is 6.01. The van der Waals surface area contributed by atoms with E-state index in [4.69, 9.17) is 4.74 Å². The zero-order chi connectivity index (χ0) is 16.5. The summed E-state index contributed by atoms with van der Waals surface area (Å²) in [6.07, 6.45) is 0. The Balaban J connectivity index is 2.49. The lowest BCUT2D eigenvalue weighted by Gasteiger charge is -2.15. The van der Waals surface area contributed by atoms with E-state index in [2.05, 4.69) is 4.72 Å². The largest absolute Gasteiger partial charge is 0.496 e. The molecule has 0 heterocycles. The predicted molar refractivity (Wildman–Crippen MR) is 89.2 cm³/mol. The molecule has 0 aliphatic rings. The second-order valence-corrected chi connectivity index (χ2v) is 7.16. The van der Waals surface area contributed by atoms with Gasteiger partial charge in [-0.2, -0.15) is 0 Å². The molecule has 4 nitrogen and oxygen atoms in total. The zero-order valence-corrected chi connectivity index (χ0v) is 14.3. The molecule has 0 unspecified atom stereocenters. The molecule has 22 heavy (non-hydrogen) atoms. The van der Waals surface area contributed by atoms with Crippen molar-refractivity contribution in [1.29, 1.82) is 0 Å². The molecular formula is C17H21NO3S. The first-order valence-corrected chi connectivity index (χ1v) is 8.48. The Morgan fingerprint density at radius 3 is 2.23 bits per heavy atom. The summed E-state index contributed by atoms with van der Waals surface area (Å²) in [7, 11) is -2.13. The number of aryl methyl sites for hydroxylation is 4. The molecule has 0 saturated heterocycles. The molecule has 0 saturated carbocycles. The highest BCUT2D eigenvalue weighted by molar-refractivity contribution is 7.92. The van der Waals surface area contributed by atoms with Crippen LogP contribution in [0.25, 0.3) is 0 Å². The molecule has 0 aromatic heterocycles. The molecule has 2 aromatic carbocycles. The fourth-order valence-corrected chi connectivity index (χ4v) is 3.73. The van der Waals surface area contributed by atoms with E-state index < -0.39 is 10.0 Å². The summed E-state index contributed by atoms with van der Waals surface area (Å²) in [6, 6.07) is 9.06. The summed E-state index contributed by atoms with van der Waals surface area (Å²) in [5.41, 5.74) is 4.08. The van der Waals surface area contributed by atoms with E-state index in [-0.39, 0.29) is 4.90 Å². The van der Waals surface area contributed by atoms with Crippen LogP contribution < -0.4 is 9.46 Å². The van der Waals surface area contributed by atoms with Crippen molar-refractivity contribution in [1.82, 2.24) is 0 Å². The number of hydrogen-bond donors (Lipinski definition) is 1. The molecule has 5 heteroatoms. The molecule has 0 amide bonds. The summed E-state index contributed by atoms with van der Waals surface area (Å²) < 4.78 is 33.3. The van der Waals surface area contributed by atoms with Crippen LogP contribution in [-0.2, 0) is 10.0 Å². The van der Waals surface area contributed by atoms with Gasteiger partial charge in [-0.3, -0.25) is 4.72 Å². The van der Waals surface area contributed by atoms with Crippen LogP contribution in [0.3, 0.4) is 0 Å². The number of hydrogen-bond acceptors (Lipinski definition) is 3. The van der Waals surface area contributed by atoms with E-state index >= 15 is 0 Å². The van der Waals surface area contributed by atoms with Gasteiger partial charge in [0.2, 0.25) is 0 Å². The molecule has 0 spiro atoms. The second-order valence-electron chi connectivity index (χ2n) is 5.51. The van der Waals surface area contributed by atoms with Gasteiger partial charge >= 0.3 is 0 Å². The first-order chi connectivity index (χ1) is 10.2. The standard InChI is InChI=1S/C17H21NO3S/c1-11-6-7-12(2)15(8-11)18-22(19,20)17-10-16(21-5)13(3)9-14(17)4/h6-10,18H,1-5H3. The van der Waals surface area contributed by atoms with Gasteiger partial charge in [0.1, 0.15) is 5.75 Å². The van der Waals surface area contributed by atoms with Gasteiger partial charge in [-0.1, -0.05) is 18.2 Å². The molecule has 2 rings (SSSR count). The minimum Gasteiger partial charge on any atom is -0.496 e. The minimum atomic E-state index is -3.66. The fraction of sp³-hybridized carbons (Fsp3) is 0.294. The van der Waals surface area contributed by atoms with Crippen LogP contribution in [0.1, 0.15) is 22.3 Å². The highest BCUT2D eigenvalue weighted by atomic mass is 32.2. The van der Waals surface area contributed by atoms with Crippen molar-refractivity contribution in [2.24, 2.45) is 0 Å². The fourth-order valence-electron chi connectivity index (χ4n) is 2.37. The van der Waals surface area contributed by atoms with Crippen LogP contribution in [0, 0.1) is 27.7 Å². The summed E-state index contributed by atoms with van der Waals surface area (Å²) in [5.74, 6) is 0.562. The molecular weight excluding hydrogens is 298 g/mol. The Kier molecular flexibility index (Phi) is 4.47. The highest BCUT2D eigenvalue weighted by Gasteiger charge is 2.20. The molecule has 0 bridgehead atoms. The van der Waals surface area contributed by atoms with Gasteiger partial charge in [-0.15, -0.1) is 0 Å². The Hall–Kier alpha value is -2.01. The van der Waals surface area contributed by atoms with E-state index in [1.165, 1.54) is 7.11 Å². The maximum Gasteiger partial charge on any atom is 0.262 e. The first-order valence-electron chi connectivity index (χ1n) is 7.00. The van der Waals surface area contributed by atoms with E-state index in [1.54, 1.807) is 13.0 Å². The lowest BCUT2D eigenvalue weighted by atomic mass is 10.1. The van der Waals surface area contributed by atoms with Crippen molar-refractivity contribution in [3.8, 4) is 5.75 Å². The topological polar surface area (TPSA) is 55.4 Å². The van der Waals surface area contributed by atoms with Crippen LogP contribution in [0.5, 0.6) is 5.75 Å². The number of sulfonamides is 1. The Morgan fingerprint density at radius 1 is 0.909 bits per heavy atom. The van der Waals surface area contributed by atoms with E-state index in [1.807, 2.05) is 45.0 Å². The molecule has 1 N–H and O–H groups in total. The highest BCUT2D eigenvalue weighted by Crippen LogP contribution is 2.28. The molecule has 2 aromatic rings. The maximum atomic E-state index is 12.7. The third-order valence-corrected chi connectivity index (χ3v) is 5.13. The van der Waals surface area contributed by atoms with Gasteiger partial charge in [0, 0.05) is 6.07 Å². The molecule has 0 radical (unpaired) electrons. The van der Waals surface area contributed by atoms with Crippen molar-refractivity contribution >= 4 is 15.7 Å². The van der Waals surface area contributed by atoms with Gasteiger partial charge in [-0.25, -0.2) is 8.42 Å². The monoisotopic (exact) mass is 319 g/mol. The van der Waals surface area contributed by atoms with Crippen molar-refractivity contribution in [2.45, 2.75) is 32.6 Å². The molecule has 0 aliphatic heterocycles. The average molecular weight is 319 g/mol. The number of anilines is 1. The van der Waals surface area contributed by atoms with Crippen molar-refractivity contribution in [2.75, 3.05) is 11.8 Å². The number of benzene rings is 2. The normalized spacial score (nSPS) is 11.3. The number of rotatable bonds is 4. The van der Waals surface area contributed by atoms with Crippen LogP contribution in [0.15, 0.2) is 35.2 Å². The number of methoxy groups -OCH3 is 1. The Bertz CT molecular complexity index is 811. The predicted octanol–water partition coefficient (Wildman–Crippen LogP) is 3.73.